The van der Waals surface area contributed by atoms with E-state index in [0.29, 0.717) is 0 Å². The maximum atomic E-state index is 11.4. The summed E-state index contributed by atoms with van der Waals surface area (Å²) < 4.78 is 109. The summed E-state index contributed by atoms with van der Waals surface area (Å²) in [7, 11) is -9.04. The molecule has 27 heavy (non-hydrogen) atoms. The van der Waals surface area contributed by atoms with Gasteiger partial charge in [-0.05, 0) is 12.0 Å². The number of nitrogens with zero attached hydrogens (tertiary/aromatic N) is 1. The summed E-state index contributed by atoms with van der Waals surface area (Å²) in [6.45, 7) is 1.26. The molecule has 0 bridgehead atoms. The highest BCUT2D eigenvalue weighted by Crippen LogP contribution is 2.36. The smallest absolute Gasteiger partial charge is 0.421 e. The molecule has 0 aliphatic rings. The lowest BCUT2D eigenvalue weighted by molar-refractivity contribution is -0.858. The van der Waals surface area contributed by atoms with Gasteiger partial charge in [-0.3, -0.25) is 0 Å². The first kappa shape index (κ1) is 25.6. The van der Waals surface area contributed by atoms with Crippen molar-refractivity contribution in [1.29, 1.82) is 0 Å². The number of sulfonamides is 2. The second kappa shape index (κ2) is 9.71. The van der Waals surface area contributed by atoms with Crippen molar-refractivity contribution in [2.45, 2.75) is 23.9 Å². The van der Waals surface area contributed by atoms with Crippen molar-refractivity contribution in [1.82, 2.24) is 0 Å². The summed E-state index contributed by atoms with van der Waals surface area (Å²) in [5, 5.41) is 0. The zero-order valence-electron chi connectivity index (χ0n) is 14.2. The normalized spacial score (nSPS) is 13.2. The number of hydrogen-bond acceptors (Lipinski definition) is 4. The zero-order valence-corrected chi connectivity index (χ0v) is 15.8. The van der Waals surface area contributed by atoms with Crippen LogP contribution in [-0.4, -0.2) is 48.5 Å². The fourth-order valence-corrected chi connectivity index (χ4v) is 3.21. The third kappa shape index (κ3) is 9.39. The Bertz CT molecular complexity index is 733. The van der Waals surface area contributed by atoms with Crippen LogP contribution in [0, 0.1) is 0 Å². The molecule has 1 N–H and O–H groups in total. The van der Waals surface area contributed by atoms with E-state index in [1.807, 2.05) is 0 Å². The molecule has 0 spiro atoms. The number of benzene rings is 1. The number of rotatable bonds is 6. The molecule has 0 radical (unpaired) electrons. The van der Waals surface area contributed by atoms with Gasteiger partial charge in [-0.1, -0.05) is 30.3 Å². The Morgan fingerprint density at radius 1 is 0.852 bits per heavy atom. The van der Waals surface area contributed by atoms with Crippen molar-refractivity contribution >= 4 is 20.0 Å². The van der Waals surface area contributed by atoms with Gasteiger partial charge in [0.05, 0.1) is 20.6 Å². The van der Waals surface area contributed by atoms with E-state index in [2.05, 4.69) is 44.4 Å². The molecule has 1 aromatic rings. The Balaban J connectivity index is 0.000000511. The van der Waals surface area contributed by atoms with Crippen LogP contribution in [0.15, 0.2) is 30.3 Å². The molecule has 0 saturated heterocycles. The number of alkyl halides is 6. The van der Waals surface area contributed by atoms with E-state index in [-0.39, 0.29) is 0 Å². The van der Waals surface area contributed by atoms with Crippen LogP contribution in [-0.2, 0) is 26.5 Å². The average molecular weight is 444 g/mol. The van der Waals surface area contributed by atoms with Crippen molar-refractivity contribution in [3.8, 4) is 0 Å². The van der Waals surface area contributed by atoms with Crippen LogP contribution in [0.1, 0.15) is 12.0 Å². The summed E-state index contributed by atoms with van der Waals surface area (Å²) >= 11 is 0. The van der Waals surface area contributed by atoms with Crippen LogP contribution in [0.3, 0.4) is 0 Å². The first-order valence-corrected chi connectivity index (χ1v) is 10.1. The van der Waals surface area contributed by atoms with Gasteiger partial charge in [-0.2, -0.15) is 26.3 Å². The molecule has 14 heteroatoms. The number of quaternary nitrogens is 1. The van der Waals surface area contributed by atoms with Crippen molar-refractivity contribution < 1.29 is 48.1 Å². The minimum absolute atomic E-state index is 0.778. The maximum Gasteiger partial charge on any atom is 0.480 e. The summed E-state index contributed by atoms with van der Waals surface area (Å²) in [4.78, 5) is 1.53. The predicted molar refractivity (Wildman–Crippen MR) is 85.7 cm³/mol. The van der Waals surface area contributed by atoms with E-state index in [9.17, 15) is 43.2 Å². The molecule has 158 valence electrons. The zero-order chi connectivity index (χ0) is 21.5. The molecule has 0 heterocycles. The summed E-state index contributed by atoms with van der Waals surface area (Å²) in [6.07, 6.45) is 2.50. The molecule has 1 rings (SSSR count). The molecule has 0 unspecified atom stereocenters. The molecule has 6 nitrogen and oxygen atoms in total. The highest BCUT2D eigenvalue weighted by atomic mass is 32.3. The molecule has 1 aromatic carbocycles. The van der Waals surface area contributed by atoms with Gasteiger partial charge in [0.15, 0.2) is 20.0 Å². The van der Waals surface area contributed by atoms with Gasteiger partial charge in [0, 0.05) is 6.42 Å². The van der Waals surface area contributed by atoms with Crippen molar-refractivity contribution in [3.05, 3.63) is 40.0 Å². The first-order valence-electron chi connectivity index (χ1n) is 7.19. The minimum Gasteiger partial charge on any atom is -0.421 e. The first-order chi connectivity index (χ1) is 12.0. The van der Waals surface area contributed by atoms with Crippen LogP contribution in [0.5, 0.6) is 0 Å². The van der Waals surface area contributed by atoms with E-state index < -0.39 is 31.1 Å². The molecule has 0 amide bonds. The van der Waals surface area contributed by atoms with Gasteiger partial charge in [-0.15, -0.1) is 0 Å². The second-order valence-corrected chi connectivity index (χ2v) is 8.88. The van der Waals surface area contributed by atoms with Gasteiger partial charge in [-0.25, -0.2) is 16.8 Å². The fraction of sp³-hybridized carbons (Fsp3) is 0.538. The molecule has 0 aliphatic heterocycles. The molecule has 0 fully saturated rings. The third-order valence-corrected chi connectivity index (χ3v) is 5.51. The van der Waals surface area contributed by atoms with Gasteiger partial charge >= 0.3 is 11.0 Å². The van der Waals surface area contributed by atoms with Gasteiger partial charge in [0.1, 0.15) is 0 Å². The summed E-state index contributed by atoms with van der Waals surface area (Å²) in [5.41, 5.74) is -10.9. The van der Waals surface area contributed by atoms with E-state index >= 15 is 0 Å². The van der Waals surface area contributed by atoms with Crippen LogP contribution < -0.4 is 4.90 Å². The molecular weight excluding hydrogens is 426 g/mol. The Morgan fingerprint density at radius 2 is 1.26 bits per heavy atom. The Labute approximate surface area is 153 Å². The maximum absolute atomic E-state index is 11.4. The van der Waals surface area contributed by atoms with E-state index in [0.717, 1.165) is 4.13 Å². The quantitative estimate of drug-likeness (QED) is 0.679. The highest BCUT2D eigenvalue weighted by Gasteiger charge is 2.46. The molecule has 0 aliphatic carbocycles. The minimum atomic E-state index is -6.72. The topological polar surface area (TPSA) is 86.8 Å². The largest absolute Gasteiger partial charge is 0.480 e. The monoisotopic (exact) mass is 444 g/mol. The molecule has 0 saturated carbocycles. The summed E-state index contributed by atoms with van der Waals surface area (Å²) in [5.74, 6) is 0. The second-order valence-electron chi connectivity index (χ2n) is 5.46. The number of aryl methyl sites for hydroxylation is 1. The molecular formula is C13H18F6N2O4S2. The number of hydrogen-bond donors (Lipinski definition) is 1. The van der Waals surface area contributed by atoms with E-state index in [4.69, 9.17) is 0 Å². The lowest BCUT2D eigenvalue weighted by Crippen LogP contribution is -3.05. The number of halogens is 6. The van der Waals surface area contributed by atoms with Crippen LogP contribution >= 0.6 is 0 Å². The number of nitrogens with one attached hydrogen (secondary N) is 1. The predicted octanol–water partition coefficient (Wildman–Crippen LogP) is 1.82. The molecule has 0 atom stereocenters. The van der Waals surface area contributed by atoms with Crippen LogP contribution in [0.4, 0.5) is 26.3 Å². The van der Waals surface area contributed by atoms with Crippen molar-refractivity contribution in [3.63, 3.8) is 0 Å². The highest BCUT2D eigenvalue weighted by molar-refractivity contribution is 8.13. The van der Waals surface area contributed by atoms with E-state index in [1.54, 1.807) is 0 Å². The lowest BCUT2D eigenvalue weighted by Gasteiger charge is -2.22. The Hall–Kier alpha value is -1.38. The Kier molecular flexibility index (Phi) is 9.21. The van der Waals surface area contributed by atoms with Crippen molar-refractivity contribution in [2.24, 2.45) is 0 Å². The summed E-state index contributed by atoms with van der Waals surface area (Å²) in [6, 6.07) is 10.7. The van der Waals surface area contributed by atoms with Gasteiger partial charge < -0.3 is 9.03 Å². The molecule has 0 aromatic heterocycles. The third-order valence-electron chi connectivity index (χ3n) is 2.77. The lowest BCUT2D eigenvalue weighted by atomic mass is 10.1. The van der Waals surface area contributed by atoms with Gasteiger partial charge in [0.25, 0.3) is 0 Å². The van der Waals surface area contributed by atoms with Crippen LogP contribution in [0.25, 0.3) is 4.13 Å². The SMILES string of the molecule is C[NH+](C)CCCc1ccccc1.O=S(=O)([N-]S(=O)(=O)C(F)(F)F)C(F)(F)F. The fourth-order valence-electron chi connectivity index (χ4n) is 1.50. The average Bonchev–Trinajstić information content (AvgIpc) is 2.45. The van der Waals surface area contributed by atoms with Gasteiger partial charge in [0.2, 0.25) is 0 Å². The Morgan fingerprint density at radius 3 is 1.59 bits per heavy atom. The standard InChI is InChI=1S/C11H17N.C2F6NO4S2/c1-12(2)10-6-9-11-7-4-3-5-8-11;3-1(4,5)14(10,11)9-15(12,13)2(6,7)8/h3-5,7-8H,6,9-10H2,1-2H3;/q;-1/p+1. The van der Waals surface area contributed by atoms with Crippen molar-refractivity contribution in [2.75, 3.05) is 20.6 Å². The van der Waals surface area contributed by atoms with E-state index in [1.165, 1.54) is 29.8 Å². The van der Waals surface area contributed by atoms with Crippen LogP contribution in [0.2, 0.25) is 0 Å².